The van der Waals surface area contributed by atoms with E-state index in [1.165, 1.54) is 0 Å². The van der Waals surface area contributed by atoms with Crippen LogP contribution in [0.25, 0.3) is 0 Å². The van der Waals surface area contributed by atoms with Crippen LogP contribution in [0.2, 0.25) is 0 Å². The molecule has 0 heterocycles. The first kappa shape index (κ1) is 20.0. The largest absolute Gasteiger partial charge is 0.481 e. The van der Waals surface area contributed by atoms with Crippen molar-refractivity contribution < 1.29 is 27.1 Å². The van der Waals surface area contributed by atoms with Gasteiger partial charge in [-0.05, 0) is 30.5 Å². The zero-order valence-electron chi connectivity index (χ0n) is 13.8. The number of carboxylic acids is 1. The van der Waals surface area contributed by atoms with Crippen LogP contribution in [0.4, 0.5) is 8.78 Å². The minimum atomic E-state index is -3.96. The Labute approximate surface area is 150 Å². The first-order valence-corrected chi connectivity index (χ1v) is 9.42. The minimum absolute atomic E-state index is 0.110. The molecule has 0 radical (unpaired) electrons. The summed E-state index contributed by atoms with van der Waals surface area (Å²) < 4.78 is 52.7. The number of halogens is 2. The van der Waals surface area contributed by atoms with Crippen molar-refractivity contribution in [2.45, 2.75) is 36.6 Å². The van der Waals surface area contributed by atoms with Crippen molar-refractivity contribution in [1.29, 1.82) is 0 Å². The first-order valence-electron chi connectivity index (χ1n) is 7.94. The van der Waals surface area contributed by atoms with E-state index >= 15 is 0 Å². The third-order valence-corrected chi connectivity index (χ3v) is 5.33. The van der Waals surface area contributed by atoms with Crippen LogP contribution in [0.1, 0.15) is 30.4 Å². The summed E-state index contributed by atoms with van der Waals surface area (Å²) in [5.74, 6) is -1.02. The fourth-order valence-electron chi connectivity index (χ4n) is 2.48. The lowest BCUT2D eigenvalue weighted by atomic mass is 10.0. The maximum absolute atomic E-state index is 12.6. The minimum Gasteiger partial charge on any atom is -0.481 e. The zero-order valence-corrected chi connectivity index (χ0v) is 14.6. The fraction of sp³-hybridized carbons (Fsp3) is 0.278. The van der Waals surface area contributed by atoms with Crippen LogP contribution >= 0.6 is 0 Å². The number of rotatable bonds is 9. The Bertz CT molecular complexity index is 824. The summed E-state index contributed by atoms with van der Waals surface area (Å²) in [6.45, 7) is 0. The standard InChI is InChI=1S/C18H19F2NO4S/c19-18(20)14-6-9-16(10-7-14)26(24,25)21-15(8-11-17(22)23)12-13-4-2-1-3-5-13/h1-7,9-10,15,18,21H,8,11-12H2,(H,22,23). The van der Waals surface area contributed by atoms with Gasteiger partial charge in [-0.25, -0.2) is 21.9 Å². The molecule has 2 N–H and O–H groups in total. The Morgan fingerprint density at radius 1 is 1.04 bits per heavy atom. The number of benzene rings is 2. The van der Waals surface area contributed by atoms with Gasteiger partial charge in [-0.3, -0.25) is 4.79 Å². The Morgan fingerprint density at radius 3 is 2.19 bits per heavy atom. The lowest BCUT2D eigenvalue weighted by Crippen LogP contribution is -2.36. The van der Waals surface area contributed by atoms with E-state index in [-0.39, 0.29) is 23.3 Å². The van der Waals surface area contributed by atoms with E-state index in [1.54, 1.807) is 12.1 Å². The molecular formula is C18H19F2NO4S. The highest BCUT2D eigenvalue weighted by atomic mass is 32.2. The molecule has 5 nitrogen and oxygen atoms in total. The van der Waals surface area contributed by atoms with Crippen LogP contribution in [0.3, 0.4) is 0 Å². The molecule has 0 spiro atoms. The number of sulfonamides is 1. The Morgan fingerprint density at radius 2 is 1.65 bits per heavy atom. The second-order valence-electron chi connectivity index (χ2n) is 5.81. The van der Waals surface area contributed by atoms with Crippen molar-refractivity contribution in [3.8, 4) is 0 Å². The molecule has 0 aromatic heterocycles. The van der Waals surface area contributed by atoms with Gasteiger partial charge in [0.2, 0.25) is 10.0 Å². The number of alkyl halides is 2. The van der Waals surface area contributed by atoms with Gasteiger partial charge in [0.15, 0.2) is 0 Å². The summed E-state index contributed by atoms with van der Waals surface area (Å²) in [6, 6.07) is 12.8. The quantitative estimate of drug-likeness (QED) is 0.695. The van der Waals surface area contributed by atoms with Gasteiger partial charge in [-0.2, -0.15) is 0 Å². The lowest BCUT2D eigenvalue weighted by molar-refractivity contribution is -0.137. The maximum Gasteiger partial charge on any atom is 0.303 e. The molecule has 0 saturated heterocycles. The normalized spacial score (nSPS) is 12.9. The topological polar surface area (TPSA) is 83.5 Å². The number of nitrogens with one attached hydrogen (secondary N) is 1. The molecule has 1 atom stereocenters. The van der Waals surface area contributed by atoms with Crippen molar-refractivity contribution in [1.82, 2.24) is 4.72 Å². The highest BCUT2D eigenvalue weighted by Crippen LogP contribution is 2.21. The second-order valence-corrected chi connectivity index (χ2v) is 7.52. The van der Waals surface area contributed by atoms with E-state index in [2.05, 4.69) is 4.72 Å². The van der Waals surface area contributed by atoms with Crippen LogP contribution in [-0.2, 0) is 21.2 Å². The van der Waals surface area contributed by atoms with Crippen molar-refractivity contribution in [2.75, 3.05) is 0 Å². The number of carbonyl (C=O) groups is 1. The predicted octanol–water partition coefficient (Wildman–Crippen LogP) is 3.38. The zero-order chi connectivity index (χ0) is 19.2. The van der Waals surface area contributed by atoms with Crippen LogP contribution < -0.4 is 4.72 Å². The monoisotopic (exact) mass is 383 g/mol. The molecule has 0 saturated carbocycles. The van der Waals surface area contributed by atoms with Gasteiger partial charge in [0.05, 0.1) is 4.90 Å². The molecule has 2 rings (SSSR count). The summed E-state index contributed by atoms with van der Waals surface area (Å²) in [4.78, 5) is 10.7. The molecule has 0 aliphatic rings. The summed E-state index contributed by atoms with van der Waals surface area (Å²) in [7, 11) is -3.96. The van der Waals surface area contributed by atoms with Gasteiger partial charge in [0.25, 0.3) is 6.43 Å². The van der Waals surface area contributed by atoms with Gasteiger partial charge < -0.3 is 5.11 Å². The van der Waals surface area contributed by atoms with E-state index in [4.69, 9.17) is 5.11 Å². The molecule has 0 fully saturated rings. The summed E-state index contributed by atoms with van der Waals surface area (Å²) in [6.07, 6.45) is -2.44. The smallest absolute Gasteiger partial charge is 0.303 e. The predicted molar refractivity (Wildman–Crippen MR) is 92.5 cm³/mol. The van der Waals surface area contributed by atoms with Gasteiger partial charge >= 0.3 is 5.97 Å². The summed E-state index contributed by atoms with van der Waals surface area (Å²) in [5.41, 5.74) is 0.592. The van der Waals surface area contributed by atoms with Crippen molar-refractivity contribution in [2.24, 2.45) is 0 Å². The van der Waals surface area contributed by atoms with Crippen LogP contribution in [0.5, 0.6) is 0 Å². The number of hydrogen-bond acceptors (Lipinski definition) is 3. The maximum atomic E-state index is 12.6. The summed E-state index contributed by atoms with van der Waals surface area (Å²) >= 11 is 0. The molecule has 8 heteroatoms. The van der Waals surface area contributed by atoms with E-state index < -0.39 is 28.5 Å². The van der Waals surface area contributed by atoms with E-state index in [9.17, 15) is 22.0 Å². The summed E-state index contributed by atoms with van der Waals surface area (Å²) in [5, 5.41) is 8.88. The van der Waals surface area contributed by atoms with Gasteiger partial charge in [-0.15, -0.1) is 0 Å². The van der Waals surface area contributed by atoms with E-state index in [0.29, 0.717) is 6.42 Å². The molecule has 140 valence electrons. The van der Waals surface area contributed by atoms with Crippen LogP contribution in [0, 0.1) is 0 Å². The van der Waals surface area contributed by atoms with Gasteiger partial charge in [0.1, 0.15) is 0 Å². The molecule has 2 aromatic rings. The molecule has 0 aliphatic carbocycles. The van der Waals surface area contributed by atoms with Crippen LogP contribution in [-0.4, -0.2) is 25.5 Å². The number of carboxylic acid groups (broad SMARTS) is 1. The Balaban J connectivity index is 2.17. The van der Waals surface area contributed by atoms with Crippen LogP contribution in [0.15, 0.2) is 59.5 Å². The van der Waals surface area contributed by atoms with Gasteiger partial charge in [0, 0.05) is 18.0 Å². The molecule has 1 unspecified atom stereocenters. The third-order valence-electron chi connectivity index (χ3n) is 3.80. The number of aliphatic carboxylic acids is 1. The average molecular weight is 383 g/mol. The highest BCUT2D eigenvalue weighted by molar-refractivity contribution is 7.89. The SMILES string of the molecule is O=C(O)CCC(Cc1ccccc1)NS(=O)(=O)c1ccc(C(F)F)cc1. The van der Waals surface area contributed by atoms with Gasteiger partial charge in [-0.1, -0.05) is 42.5 Å². The average Bonchev–Trinajstić information content (AvgIpc) is 2.60. The molecule has 0 bridgehead atoms. The number of hydrogen-bond donors (Lipinski definition) is 2. The van der Waals surface area contributed by atoms with E-state index in [0.717, 1.165) is 29.8 Å². The second kappa shape index (κ2) is 8.86. The first-order chi connectivity index (χ1) is 12.3. The highest BCUT2D eigenvalue weighted by Gasteiger charge is 2.21. The molecule has 26 heavy (non-hydrogen) atoms. The van der Waals surface area contributed by atoms with Crippen molar-refractivity contribution in [3.63, 3.8) is 0 Å². The molecule has 0 amide bonds. The Kier molecular flexibility index (Phi) is 6.82. The van der Waals surface area contributed by atoms with E-state index in [1.807, 2.05) is 18.2 Å². The molecular weight excluding hydrogens is 364 g/mol. The molecule has 2 aromatic carbocycles. The molecule has 0 aliphatic heterocycles. The van der Waals surface area contributed by atoms with Crippen molar-refractivity contribution >= 4 is 16.0 Å². The fourth-order valence-corrected chi connectivity index (χ4v) is 3.75. The lowest BCUT2D eigenvalue weighted by Gasteiger charge is -2.18. The Hall–Kier alpha value is -2.32. The van der Waals surface area contributed by atoms with Crippen molar-refractivity contribution in [3.05, 3.63) is 65.7 Å². The third kappa shape index (κ3) is 5.89.